The van der Waals surface area contributed by atoms with Gasteiger partial charge in [0.1, 0.15) is 0 Å². The fourth-order valence-electron chi connectivity index (χ4n) is 1.02. The van der Waals surface area contributed by atoms with Crippen molar-refractivity contribution in [3.63, 3.8) is 0 Å². The third-order valence-electron chi connectivity index (χ3n) is 2.63. The van der Waals surface area contributed by atoms with Crippen LogP contribution in [-0.4, -0.2) is 5.25 Å². The SMILES string of the molecule is C=CC(C)(C)C(C)Sc1ccccc1. The number of thioether (sulfide) groups is 1. The Bertz CT molecular complexity index is 287. The lowest BCUT2D eigenvalue weighted by atomic mass is 9.90. The predicted octanol–water partition coefficient (Wildman–Crippen LogP) is 4.38. The van der Waals surface area contributed by atoms with Crippen LogP contribution in [0, 0.1) is 5.41 Å². The van der Waals surface area contributed by atoms with Crippen LogP contribution in [-0.2, 0) is 0 Å². The molecule has 1 atom stereocenters. The molecule has 0 heterocycles. The Labute approximate surface area is 91.4 Å². The maximum Gasteiger partial charge on any atom is 0.0152 e. The Morgan fingerprint density at radius 2 is 1.86 bits per heavy atom. The van der Waals surface area contributed by atoms with Crippen molar-refractivity contribution in [1.82, 2.24) is 0 Å². The van der Waals surface area contributed by atoms with Gasteiger partial charge in [-0.25, -0.2) is 0 Å². The molecule has 0 saturated carbocycles. The van der Waals surface area contributed by atoms with Gasteiger partial charge >= 0.3 is 0 Å². The Balaban J connectivity index is 2.66. The summed E-state index contributed by atoms with van der Waals surface area (Å²) in [6, 6.07) is 10.5. The third-order valence-corrected chi connectivity index (χ3v) is 4.14. The van der Waals surface area contributed by atoms with Crippen LogP contribution in [0.5, 0.6) is 0 Å². The van der Waals surface area contributed by atoms with Crippen molar-refractivity contribution in [2.24, 2.45) is 5.41 Å². The smallest absolute Gasteiger partial charge is 0.0152 e. The summed E-state index contributed by atoms with van der Waals surface area (Å²) in [5.41, 5.74) is 0.181. The zero-order chi connectivity index (χ0) is 10.6. The summed E-state index contributed by atoms with van der Waals surface area (Å²) in [6.45, 7) is 10.6. The van der Waals surface area contributed by atoms with E-state index >= 15 is 0 Å². The molecule has 0 N–H and O–H groups in total. The van der Waals surface area contributed by atoms with Gasteiger partial charge in [0.2, 0.25) is 0 Å². The van der Waals surface area contributed by atoms with Crippen LogP contribution in [0.1, 0.15) is 20.8 Å². The molecule has 0 aliphatic carbocycles. The van der Waals surface area contributed by atoms with Gasteiger partial charge in [-0.3, -0.25) is 0 Å². The molecule has 0 nitrogen and oxygen atoms in total. The highest BCUT2D eigenvalue weighted by Crippen LogP contribution is 2.35. The van der Waals surface area contributed by atoms with Crippen LogP contribution in [0.3, 0.4) is 0 Å². The topological polar surface area (TPSA) is 0 Å². The molecule has 14 heavy (non-hydrogen) atoms. The van der Waals surface area contributed by atoms with Gasteiger partial charge in [-0.15, -0.1) is 18.3 Å². The van der Waals surface area contributed by atoms with E-state index in [9.17, 15) is 0 Å². The van der Waals surface area contributed by atoms with E-state index in [1.54, 1.807) is 0 Å². The van der Waals surface area contributed by atoms with Crippen molar-refractivity contribution < 1.29 is 0 Å². The van der Waals surface area contributed by atoms with E-state index in [2.05, 4.69) is 51.6 Å². The molecular formula is C13H18S. The van der Waals surface area contributed by atoms with Gasteiger partial charge in [0.15, 0.2) is 0 Å². The molecule has 1 aromatic carbocycles. The number of rotatable bonds is 4. The molecular weight excluding hydrogens is 188 g/mol. The second kappa shape index (κ2) is 4.70. The van der Waals surface area contributed by atoms with Crippen LogP contribution in [0.4, 0.5) is 0 Å². The lowest BCUT2D eigenvalue weighted by molar-refractivity contribution is 0.477. The van der Waals surface area contributed by atoms with Gasteiger partial charge in [0.05, 0.1) is 0 Å². The highest BCUT2D eigenvalue weighted by molar-refractivity contribution is 8.00. The number of hydrogen-bond donors (Lipinski definition) is 0. The first-order valence-corrected chi connectivity index (χ1v) is 5.79. The number of hydrogen-bond acceptors (Lipinski definition) is 1. The minimum atomic E-state index is 0.181. The second-order valence-corrected chi connectivity index (χ2v) is 5.51. The molecule has 0 fully saturated rings. The number of benzene rings is 1. The summed E-state index contributed by atoms with van der Waals surface area (Å²) < 4.78 is 0. The second-order valence-electron chi connectivity index (χ2n) is 4.10. The van der Waals surface area contributed by atoms with Crippen molar-refractivity contribution in [3.8, 4) is 0 Å². The highest BCUT2D eigenvalue weighted by Gasteiger charge is 2.22. The summed E-state index contributed by atoms with van der Waals surface area (Å²) >= 11 is 1.90. The fourth-order valence-corrected chi connectivity index (χ4v) is 2.14. The molecule has 0 aliphatic rings. The van der Waals surface area contributed by atoms with Gasteiger partial charge < -0.3 is 0 Å². The van der Waals surface area contributed by atoms with Crippen molar-refractivity contribution in [1.29, 1.82) is 0 Å². The molecule has 0 aromatic heterocycles. The first-order chi connectivity index (χ1) is 6.56. The van der Waals surface area contributed by atoms with Crippen LogP contribution in [0.15, 0.2) is 47.9 Å². The largest absolute Gasteiger partial charge is 0.122 e. The van der Waals surface area contributed by atoms with Crippen LogP contribution in [0.2, 0.25) is 0 Å². The van der Waals surface area contributed by atoms with Gasteiger partial charge in [-0.2, -0.15) is 0 Å². The molecule has 1 rings (SSSR count). The standard InChI is InChI=1S/C13H18S/c1-5-13(3,4)11(2)14-12-9-7-6-8-10-12/h5-11H,1H2,2-4H3. The van der Waals surface area contributed by atoms with Gasteiger partial charge in [0.25, 0.3) is 0 Å². The van der Waals surface area contributed by atoms with E-state index in [1.165, 1.54) is 4.90 Å². The molecule has 1 heteroatoms. The molecule has 0 bridgehead atoms. The first-order valence-electron chi connectivity index (χ1n) is 4.91. The molecule has 1 aromatic rings. The van der Waals surface area contributed by atoms with Crippen LogP contribution >= 0.6 is 11.8 Å². The Hall–Kier alpha value is -0.690. The molecule has 76 valence electrons. The van der Waals surface area contributed by atoms with Crippen LogP contribution in [0.25, 0.3) is 0 Å². The maximum atomic E-state index is 3.88. The van der Waals surface area contributed by atoms with Crippen molar-refractivity contribution in [2.75, 3.05) is 0 Å². The Morgan fingerprint density at radius 3 is 2.36 bits per heavy atom. The van der Waals surface area contributed by atoms with E-state index in [1.807, 2.05) is 23.9 Å². The van der Waals surface area contributed by atoms with Gasteiger partial charge in [-0.05, 0) is 17.5 Å². The Morgan fingerprint density at radius 1 is 1.29 bits per heavy atom. The quantitative estimate of drug-likeness (QED) is 0.520. The summed E-state index contributed by atoms with van der Waals surface area (Å²) in [5, 5.41) is 0.544. The Kier molecular flexibility index (Phi) is 3.82. The maximum absolute atomic E-state index is 3.88. The zero-order valence-corrected chi connectivity index (χ0v) is 9.97. The van der Waals surface area contributed by atoms with Crippen molar-refractivity contribution in [3.05, 3.63) is 43.0 Å². The van der Waals surface area contributed by atoms with E-state index in [-0.39, 0.29) is 5.41 Å². The molecule has 0 radical (unpaired) electrons. The minimum absolute atomic E-state index is 0.181. The molecule has 0 saturated heterocycles. The number of allylic oxidation sites excluding steroid dienone is 1. The zero-order valence-electron chi connectivity index (χ0n) is 9.16. The van der Waals surface area contributed by atoms with Gasteiger partial charge in [0, 0.05) is 10.1 Å². The van der Waals surface area contributed by atoms with Crippen molar-refractivity contribution >= 4 is 11.8 Å². The first kappa shape index (κ1) is 11.4. The fraction of sp³-hybridized carbons (Fsp3) is 0.385. The summed E-state index contributed by atoms with van der Waals surface area (Å²) in [5.74, 6) is 0. The monoisotopic (exact) mass is 206 g/mol. The predicted molar refractivity (Wildman–Crippen MR) is 65.7 cm³/mol. The summed E-state index contributed by atoms with van der Waals surface area (Å²) in [6.07, 6.45) is 2.04. The van der Waals surface area contributed by atoms with E-state index in [0.717, 1.165) is 0 Å². The van der Waals surface area contributed by atoms with Crippen molar-refractivity contribution in [2.45, 2.75) is 30.9 Å². The third kappa shape index (κ3) is 2.91. The highest BCUT2D eigenvalue weighted by atomic mass is 32.2. The van der Waals surface area contributed by atoms with Gasteiger partial charge in [-0.1, -0.05) is 45.0 Å². The van der Waals surface area contributed by atoms with Crippen LogP contribution < -0.4 is 0 Å². The lowest BCUT2D eigenvalue weighted by Crippen LogP contribution is -2.20. The normalized spacial score (nSPS) is 13.6. The molecule has 0 spiro atoms. The average Bonchev–Trinajstić information content (AvgIpc) is 2.19. The van der Waals surface area contributed by atoms with E-state index in [0.29, 0.717) is 5.25 Å². The lowest BCUT2D eigenvalue weighted by Gasteiger charge is -2.27. The molecule has 0 aliphatic heterocycles. The molecule has 0 amide bonds. The summed E-state index contributed by atoms with van der Waals surface area (Å²) in [7, 11) is 0. The molecule has 1 unspecified atom stereocenters. The average molecular weight is 206 g/mol. The minimum Gasteiger partial charge on any atom is -0.122 e. The summed E-state index contributed by atoms with van der Waals surface area (Å²) in [4.78, 5) is 1.33. The van der Waals surface area contributed by atoms with E-state index in [4.69, 9.17) is 0 Å². The van der Waals surface area contributed by atoms with E-state index < -0.39 is 0 Å².